The summed E-state index contributed by atoms with van der Waals surface area (Å²) >= 11 is 8.73. The van der Waals surface area contributed by atoms with Gasteiger partial charge in [0.05, 0.1) is 12.3 Å². The van der Waals surface area contributed by atoms with Gasteiger partial charge in [0.15, 0.2) is 5.11 Å². The first kappa shape index (κ1) is 21.0. The molecule has 0 atom stereocenters. The number of nitrogens with one attached hydrogen (secondary N) is 2. The molecule has 3 aromatic rings. The number of hydrogen-bond acceptors (Lipinski definition) is 3. The van der Waals surface area contributed by atoms with Gasteiger partial charge in [-0.2, -0.15) is 0 Å². The average molecular weight is 469 g/mol. The predicted molar refractivity (Wildman–Crippen MR) is 125 cm³/mol. The van der Waals surface area contributed by atoms with E-state index in [4.69, 9.17) is 17.0 Å². The Morgan fingerprint density at radius 3 is 2.45 bits per heavy atom. The second-order valence-corrected chi connectivity index (χ2v) is 7.76. The molecular weight excluding hydrogens is 448 g/mol. The highest BCUT2D eigenvalue weighted by molar-refractivity contribution is 9.10. The number of carbonyl (C=O) groups is 1. The van der Waals surface area contributed by atoms with Gasteiger partial charge in [0.25, 0.3) is 5.91 Å². The molecule has 3 rings (SSSR count). The maximum Gasteiger partial charge on any atom is 0.257 e. The normalized spacial score (nSPS) is 10.3. The Morgan fingerprint density at radius 1 is 1.03 bits per heavy atom. The minimum atomic E-state index is -0.276. The third-order valence-corrected chi connectivity index (χ3v) is 5.08. The van der Waals surface area contributed by atoms with Crippen LogP contribution in [-0.4, -0.2) is 17.6 Å². The smallest absolute Gasteiger partial charge is 0.257 e. The molecule has 1 amide bonds. The highest BCUT2D eigenvalue weighted by Gasteiger charge is 2.09. The molecule has 3 aromatic carbocycles. The lowest BCUT2D eigenvalue weighted by Crippen LogP contribution is -2.34. The summed E-state index contributed by atoms with van der Waals surface area (Å²) in [7, 11) is 0. The van der Waals surface area contributed by atoms with Crippen molar-refractivity contribution in [2.45, 2.75) is 13.3 Å². The third kappa shape index (κ3) is 6.41. The zero-order valence-corrected chi connectivity index (χ0v) is 18.3. The average Bonchev–Trinajstić information content (AvgIpc) is 2.71. The van der Waals surface area contributed by atoms with E-state index in [0.29, 0.717) is 12.2 Å². The fraction of sp³-hybridized carbons (Fsp3) is 0.130. The summed E-state index contributed by atoms with van der Waals surface area (Å²) in [5, 5.41) is 5.95. The number of amides is 1. The molecule has 0 bridgehead atoms. The van der Waals surface area contributed by atoms with Crippen LogP contribution in [0.3, 0.4) is 0 Å². The highest BCUT2D eigenvalue weighted by Crippen LogP contribution is 2.23. The number of thiocarbonyl (C=S) groups is 1. The molecule has 148 valence electrons. The first-order valence-electron chi connectivity index (χ1n) is 9.16. The fourth-order valence-corrected chi connectivity index (χ4v) is 3.48. The van der Waals surface area contributed by atoms with Gasteiger partial charge in [0.2, 0.25) is 0 Å². The van der Waals surface area contributed by atoms with Crippen molar-refractivity contribution in [3.8, 4) is 5.75 Å². The van der Waals surface area contributed by atoms with Crippen molar-refractivity contribution in [3.63, 3.8) is 0 Å². The van der Waals surface area contributed by atoms with Crippen LogP contribution in [-0.2, 0) is 6.42 Å². The van der Waals surface area contributed by atoms with Crippen LogP contribution in [0.4, 0.5) is 5.69 Å². The van der Waals surface area contributed by atoms with Crippen molar-refractivity contribution in [3.05, 3.63) is 94.0 Å². The van der Waals surface area contributed by atoms with E-state index in [-0.39, 0.29) is 11.0 Å². The molecule has 0 aliphatic carbocycles. The zero-order chi connectivity index (χ0) is 20.6. The van der Waals surface area contributed by atoms with Gasteiger partial charge in [-0.15, -0.1) is 0 Å². The SMILES string of the molecule is Cc1ccc(NC(=S)NC(=O)c2ccc(OCCc3ccccc3)cc2)c(Br)c1. The second kappa shape index (κ2) is 10.2. The van der Waals surface area contributed by atoms with Crippen LogP contribution in [0.1, 0.15) is 21.5 Å². The standard InChI is InChI=1S/C23H21BrN2O2S/c1-16-7-12-21(20(24)15-16)25-23(29)26-22(27)18-8-10-19(11-9-18)28-14-13-17-5-3-2-4-6-17/h2-12,15H,13-14H2,1H3,(H2,25,26,27,29). The minimum Gasteiger partial charge on any atom is -0.493 e. The van der Waals surface area contributed by atoms with Gasteiger partial charge >= 0.3 is 0 Å². The number of ether oxygens (including phenoxy) is 1. The van der Waals surface area contributed by atoms with Gasteiger partial charge in [-0.3, -0.25) is 10.1 Å². The first-order valence-corrected chi connectivity index (χ1v) is 10.4. The number of hydrogen-bond donors (Lipinski definition) is 2. The Morgan fingerprint density at radius 2 is 1.76 bits per heavy atom. The topological polar surface area (TPSA) is 50.4 Å². The summed E-state index contributed by atoms with van der Waals surface area (Å²) in [6, 6.07) is 23.0. The van der Waals surface area contributed by atoms with Crippen molar-refractivity contribution >= 4 is 44.9 Å². The summed E-state index contributed by atoms with van der Waals surface area (Å²) in [4.78, 5) is 12.4. The molecule has 4 nitrogen and oxygen atoms in total. The van der Waals surface area contributed by atoms with E-state index in [1.165, 1.54) is 5.56 Å². The molecule has 0 saturated carbocycles. The van der Waals surface area contributed by atoms with Crippen molar-refractivity contribution in [2.24, 2.45) is 0 Å². The van der Waals surface area contributed by atoms with Crippen LogP contribution in [0.2, 0.25) is 0 Å². The van der Waals surface area contributed by atoms with Crippen LogP contribution in [0.5, 0.6) is 5.75 Å². The van der Waals surface area contributed by atoms with Crippen LogP contribution in [0, 0.1) is 6.92 Å². The van der Waals surface area contributed by atoms with Gasteiger partial charge in [0, 0.05) is 16.5 Å². The van der Waals surface area contributed by atoms with Crippen LogP contribution < -0.4 is 15.4 Å². The maximum absolute atomic E-state index is 12.4. The summed E-state index contributed by atoms with van der Waals surface area (Å²) in [5.41, 5.74) is 3.66. The number of halogens is 1. The van der Waals surface area contributed by atoms with E-state index >= 15 is 0 Å². The van der Waals surface area contributed by atoms with Gasteiger partial charge in [-0.1, -0.05) is 36.4 Å². The van der Waals surface area contributed by atoms with Crippen molar-refractivity contribution in [2.75, 3.05) is 11.9 Å². The Kier molecular flexibility index (Phi) is 7.38. The van der Waals surface area contributed by atoms with Gasteiger partial charge in [0.1, 0.15) is 5.75 Å². The van der Waals surface area contributed by atoms with Gasteiger partial charge < -0.3 is 10.1 Å². The summed E-state index contributed by atoms with van der Waals surface area (Å²) in [6.45, 7) is 2.58. The largest absolute Gasteiger partial charge is 0.493 e. The Balaban J connectivity index is 1.49. The van der Waals surface area contributed by atoms with E-state index in [1.807, 2.05) is 43.3 Å². The second-order valence-electron chi connectivity index (χ2n) is 6.50. The van der Waals surface area contributed by atoms with Gasteiger partial charge in [-0.25, -0.2) is 0 Å². The van der Waals surface area contributed by atoms with E-state index in [2.05, 4.69) is 38.7 Å². The number of aryl methyl sites for hydroxylation is 1. The maximum atomic E-state index is 12.4. The lowest BCUT2D eigenvalue weighted by molar-refractivity contribution is 0.0977. The first-order chi connectivity index (χ1) is 14.0. The van der Waals surface area contributed by atoms with Crippen molar-refractivity contribution in [1.29, 1.82) is 0 Å². The van der Waals surface area contributed by atoms with Crippen molar-refractivity contribution in [1.82, 2.24) is 5.32 Å². The van der Waals surface area contributed by atoms with Crippen LogP contribution in [0.15, 0.2) is 77.3 Å². The Hall–Kier alpha value is -2.70. The number of benzene rings is 3. The molecule has 0 radical (unpaired) electrons. The monoisotopic (exact) mass is 468 g/mol. The van der Waals surface area contributed by atoms with Gasteiger partial charge in [-0.05, 0) is 82.6 Å². The lowest BCUT2D eigenvalue weighted by Gasteiger charge is -2.12. The fourth-order valence-electron chi connectivity index (χ4n) is 2.68. The molecule has 0 spiro atoms. The third-order valence-electron chi connectivity index (χ3n) is 4.22. The molecule has 0 aromatic heterocycles. The summed E-state index contributed by atoms with van der Waals surface area (Å²) < 4.78 is 6.63. The van der Waals surface area contributed by atoms with E-state index in [1.54, 1.807) is 24.3 Å². The molecule has 29 heavy (non-hydrogen) atoms. The number of anilines is 1. The summed E-state index contributed by atoms with van der Waals surface area (Å²) in [5.74, 6) is 0.448. The molecule has 0 unspecified atom stereocenters. The quantitative estimate of drug-likeness (QED) is 0.468. The lowest BCUT2D eigenvalue weighted by atomic mass is 10.2. The van der Waals surface area contributed by atoms with Crippen LogP contribution in [0.25, 0.3) is 0 Å². The van der Waals surface area contributed by atoms with Crippen molar-refractivity contribution < 1.29 is 9.53 Å². The molecule has 2 N–H and O–H groups in total. The predicted octanol–water partition coefficient (Wildman–Crippen LogP) is 5.51. The Labute approximate surface area is 184 Å². The minimum absolute atomic E-state index is 0.239. The molecule has 0 fully saturated rings. The van der Waals surface area contributed by atoms with E-state index in [0.717, 1.165) is 27.9 Å². The zero-order valence-electron chi connectivity index (χ0n) is 15.9. The highest BCUT2D eigenvalue weighted by atomic mass is 79.9. The molecule has 6 heteroatoms. The Bertz CT molecular complexity index is 992. The van der Waals surface area contributed by atoms with Crippen LogP contribution >= 0.6 is 28.1 Å². The molecule has 0 aliphatic heterocycles. The number of carbonyl (C=O) groups excluding carboxylic acids is 1. The van der Waals surface area contributed by atoms with E-state index < -0.39 is 0 Å². The number of rotatable bonds is 6. The summed E-state index contributed by atoms with van der Waals surface area (Å²) in [6.07, 6.45) is 0.831. The molecule has 0 aliphatic rings. The van der Waals surface area contributed by atoms with E-state index in [9.17, 15) is 4.79 Å². The molecule has 0 saturated heterocycles. The molecule has 0 heterocycles. The molecular formula is C23H21BrN2O2S.